The molecule has 0 aliphatic carbocycles. The number of aromatic amines is 2. The van der Waals surface area contributed by atoms with Crippen LogP contribution < -0.4 is 5.69 Å². The number of rotatable bonds is 4. The van der Waals surface area contributed by atoms with Gasteiger partial charge in [-0.15, -0.1) is 0 Å². The zero-order chi connectivity index (χ0) is 14.8. The molecule has 112 valence electrons. The molecule has 0 bridgehead atoms. The Balaban J connectivity index is 1.72. The van der Waals surface area contributed by atoms with Crippen molar-refractivity contribution >= 4 is 0 Å². The highest BCUT2D eigenvalue weighted by Gasteiger charge is 2.26. The maximum absolute atomic E-state index is 13.7. The van der Waals surface area contributed by atoms with Crippen molar-refractivity contribution in [2.45, 2.75) is 31.8 Å². The van der Waals surface area contributed by atoms with E-state index in [0.29, 0.717) is 24.4 Å². The highest BCUT2D eigenvalue weighted by Crippen LogP contribution is 2.23. The molecule has 7 heteroatoms. The van der Waals surface area contributed by atoms with Crippen LogP contribution in [-0.4, -0.2) is 32.7 Å². The molecule has 1 atom stereocenters. The van der Waals surface area contributed by atoms with E-state index in [0.717, 1.165) is 31.5 Å². The number of hydrogen-bond acceptors (Lipinski definition) is 3. The molecule has 1 saturated heterocycles. The number of hydrogen-bond donors (Lipinski definition) is 2. The lowest BCUT2D eigenvalue weighted by Gasteiger charge is -2.23. The first-order valence-corrected chi connectivity index (χ1v) is 6.93. The second kappa shape index (κ2) is 5.77. The SMILES string of the molecule is O=c1[nH]nc(CN2CCC[C@H]2Cc2cc(F)ccc2F)[nH]1. The van der Waals surface area contributed by atoms with Gasteiger partial charge in [0, 0.05) is 6.04 Å². The molecule has 2 heterocycles. The fourth-order valence-electron chi connectivity index (χ4n) is 2.86. The number of H-pyrrole nitrogens is 2. The summed E-state index contributed by atoms with van der Waals surface area (Å²) in [7, 11) is 0. The van der Waals surface area contributed by atoms with Crippen LogP contribution in [0.1, 0.15) is 24.2 Å². The minimum Gasteiger partial charge on any atom is -0.293 e. The molecule has 2 N–H and O–H groups in total. The van der Waals surface area contributed by atoms with Gasteiger partial charge in [0.05, 0.1) is 6.54 Å². The molecule has 3 rings (SSSR count). The Morgan fingerprint density at radius 1 is 1.38 bits per heavy atom. The average molecular weight is 294 g/mol. The second-order valence-corrected chi connectivity index (χ2v) is 5.33. The largest absolute Gasteiger partial charge is 0.340 e. The third-order valence-corrected chi connectivity index (χ3v) is 3.87. The van der Waals surface area contributed by atoms with Gasteiger partial charge in [-0.05, 0) is 49.6 Å². The van der Waals surface area contributed by atoms with Crippen molar-refractivity contribution in [2.75, 3.05) is 6.54 Å². The number of halogens is 2. The fourth-order valence-corrected chi connectivity index (χ4v) is 2.86. The number of likely N-dealkylation sites (tertiary alicyclic amines) is 1. The van der Waals surface area contributed by atoms with E-state index in [4.69, 9.17) is 0 Å². The molecule has 5 nitrogen and oxygen atoms in total. The van der Waals surface area contributed by atoms with Crippen molar-refractivity contribution in [2.24, 2.45) is 0 Å². The molecule has 0 radical (unpaired) electrons. The van der Waals surface area contributed by atoms with Crippen molar-refractivity contribution in [1.82, 2.24) is 20.1 Å². The standard InChI is InChI=1S/C14H16F2N4O/c15-10-3-4-12(16)9(6-10)7-11-2-1-5-20(11)8-13-17-14(21)19-18-13/h3-4,6,11H,1-2,5,7-8H2,(H2,17,18,19,21)/t11-/m0/s1. The Morgan fingerprint density at radius 3 is 3.00 bits per heavy atom. The molecule has 1 aliphatic heterocycles. The number of benzene rings is 1. The maximum atomic E-state index is 13.7. The molecule has 1 aliphatic rings. The Morgan fingerprint density at radius 2 is 2.24 bits per heavy atom. The maximum Gasteiger partial charge on any atom is 0.340 e. The molecule has 1 aromatic carbocycles. The van der Waals surface area contributed by atoms with E-state index in [9.17, 15) is 13.6 Å². The van der Waals surface area contributed by atoms with Gasteiger partial charge in [-0.3, -0.25) is 9.88 Å². The zero-order valence-electron chi connectivity index (χ0n) is 11.4. The lowest BCUT2D eigenvalue weighted by atomic mass is 10.0. The predicted molar refractivity (Wildman–Crippen MR) is 72.7 cm³/mol. The van der Waals surface area contributed by atoms with Crippen LogP contribution in [0, 0.1) is 11.6 Å². The van der Waals surface area contributed by atoms with Gasteiger partial charge in [0.2, 0.25) is 0 Å². The molecule has 0 spiro atoms. The van der Waals surface area contributed by atoms with Gasteiger partial charge in [0.1, 0.15) is 17.5 Å². The summed E-state index contributed by atoms with van der Waals surface area (Å²) in [5.41, 5.74) is 0.0549. The van der Waals surface area contributed by atoms with E-state index < -0.39 is 5.82 Å². The average Bonchev–Trinajstić information content (AvgIpc) is 3.04. The Hall–Kier alpha value is -2.02. The Labute approximate surface area is 120 Å². The van der Waals surface area contributed by atoms with Crippen LogP contribution in [-0.2, 0) is 13.0 Å². The normalized spacial score (nSPS) is 19.2. The molecule has 0 amide bonds. The van der Waals surface area contributed by atoms with E-state index >= 15 is 0 Å². The third kappa shape index (κ3) is 3.18. The zero-order valence-corrected chi connectivity index (χ0v) is 11.4. The van der Waals surface area contributed by atoms with Gasteiger partial charge in [0.15, 0.2) is 0 Å². The third-order valence-electron chi connectivity index (χ3n) is 3.87. The van der Waals surface area contributed by atoms with Crippen LogP contribution in [0.25, 0.3) is 0 Å². The summed E-state index contributed by atoms with van der Waals surface area (Å²) in [6.07, 6.45) is 2.37. The van der Waals surface area contributed by atoms with E-state index in [1.54, 1.807) is 0 Å². The topological polar surface area (TPSA) is 64.8 Å². The van der Waals surface area contributed by atoms with Crippen LogP contribution in [0.4, 0.5) is 8.78 Å². The summed E-state index contributed by atoms with van der Waals surface area (Å²) in [6, 6.07) is 3.67. The highest BCUT2D eigenvalue weighted by atomic mass is 19.1. The quantitative estimate of drug-likeness (QED) is 0.900. The number of nitrogens with zero attached hydrogens (tertiary/aromatic N) is 2. The van der Waals surface area contributed by atoms with Crippen LogP contribution in [0.5, 0.6) is 0 Å². The first kappa shape index (κ1) is 13.9. The monoisotopic (exact) mass is 294 g/mol. The van der Waals surface area contributed by atoms with E-state index in [-0.39, 0.29) is 17.5 Å². The van der Waals surface area contributed by atoms with Crippen molar-refractivity contribution in [1.29, 1.82) is 0 Å². The van der Waals surface area contributed by atoms with Crippen LogP contribution in [0.3, 0.4) is 0 Å². The summed E-state index contributed by atoms with van der Waals surface area (Å²) in [5, 5.41) is 6.21. The lowest BCUT2D eigenvalue weighted by Crippen LogP contribution is -2.31. The van der Waals surface area contributed by atoms with Gasteiger partial charge >= 0.3 is 5.69 Å². The molecule has 2 aromatic rings. The molecular formula is C14H16F2N4O. The molecular weight excluding hydrogens is 278 g/mol. The van der Waals surface area contributed by atoms with Crippen molar-refractivity contribution in [3.8, 4) is 0 Å². The molecule has 21 heavy (non-hydrogen) atoms. The summed E-state index contributed by atoms with van der Waals surface area (Å²) in [4.78, 5) is 15.8. The van der Waals surface area contributed by atoms with E-state index in [2.05, 4.69) is 20.1 Å². The summed E-state index contributed by atoms with van der Waals surface area (Å²) < 4.78 is 27.0. The summed E-state index contributed by atoms with van der Waals surface area (Å²) >= 11 is 0. The molecule has 1 aromatic heterocycles. The van der Waals surface area contributed by atoms with Gasteiger partial charge < -0.3 is 0 Å². The first-order valence-electron chi connectivity index (χ1n) is 6.93. The van der Waals surface area contributed by atoms with Crippen molar-refractivity contribution in [3.63, 3.8) is 0 Å². The molecule has 1 fully saturated rings. The van der Waals surface area contributed by atoms with Crippen molar-refractivity contribution < 1.29 is 8.78 Å². The highest BCUT2D eigenvalue weighted by molar-refractivity contribution is 5.20. The Bertz CT molecular complexity index is 682. The van der Waals surface area contributed by atoms with E-state index in [1.165, 1.54) is 6.07 Å². The minimum absolute atomic E-state index is 0.126. The summed E-state index contributed by atoms with van der Waals surface area (Å²) in [5.74, 6) is -0.240. The smallest absolute Gasteiger partial charge is 0.293 e. The lowest BCUT2D eigenvalue weighted by molar-refractivity contribution is 0.237. The number of aromatic nitrogens is 3. The van der Waals surface area contributed by atoms with E-state index in [1.807, 2.05) is 0 Å². The predicted octanol–water partition coefficient (Wildman–Crippen LogP) is 1.58. The minimum atomic E-state index is -0.424. The fraction of sp³-hybridized carbons (Fsp3) is 0.429. The Kier molecular flexibility index (Phi) is 3.83. The second-order valence-electron chi connectivity index (χ2n) is 5.33. The van der Waals surface area contributed by atoms with Gasteiger partial charge in [-0.25, -0.2) is 18.7 Å². The number of nitrogens with one attached hydrogen (secondary N) is 2. The van der Waals surface area contributed by atoms with Gasteiger partial charge in [0.25, 0.3) is 0 Å². The first-order chi connectivity index (χ1) is 10.1. The van der Waals surface area contributed by atoms with Gasteiger partial charge in [-0.2, -0.15) is 5.10 Å². The summed E-state index contributed by atoms with van der Waals surface area (Å²) in [6.45, 7) is 1.36. The van der Waals surface area contributed by atoms with Gasteiger partial charge in [-0.1, -0.05) is 0 Å². The molecule has 0 unspecified atom stereocenters. The van der Waals surface area contributed by atoms with Crippen LogP contribution >= 0.6 is 0 Å². The van der Waals surface area contributed by atoms with Crippen LogP contribution in [0.15, 0.2) is 23.0 Å². The van der Waals surface area contributed by atoms with Crippen LogP contribution in [0.2, 0.25) is 0 Å². The molecule has 0 saturated carbocycles. The van der Waals surface area contributed by atoms with Crippen molar-refractivity contribution in [3.05, 3.63) is 51.7 Å².